The Kier molecular flexibility index (Phi) is 1.53. The number of rotatable bonds is 1. The number of hydrogen-bond acceptors (Lipinski definition) is 4. The maximum Gasteiger partial charge on any atom is 0.429 e. The first-order valence-electron chi connectivity index (χ1n) is 2.53. The van der Waals surface area contributed by atoms with Crippen LogP contribution >= 0.6 is 0 Å². The zero-order valence-electron chi connectivity index (χ0n) is 4.78. The van der Waals surface area contributed by atoms with Crippen LogP contribution in [0.5, 0.6) is 0 Å². The Labute approximate surface area is 52.1 Å². The van der Waals surface area contributed by atoms with Crippen molar-refractivity contribution in [1.29, 1.82) is 0 Å². The Balaban J connectivity index is 2.28. The minimum absolute atomic E-state index is 0.600. The fourth-order valence-corrected chi connectivity index (χ4v) is 0.548. The first-order chi connectivity index (χ1) is 4.29. The smallest absolute Gasteiger partial charge is 0.333 e. The highest BCUT2D eigenvalue weighted by atomic mass is 16.7. The van der Waals surface area contributed by atoms with Gasteiger partial charge in [0.15, 0.2) is 0 Å². The zero-order valence-corrected chi connectivity index (χ0v) is 4.78. The van der Waals surface area contributed by atoms with Crippen LogP contribution in [0.2, 0.25) is 0 Å². The van der Waals surface area contributed by atoms with Crippen LogP contribution in [-0.2, 0) is 4.84 Å². The second kappa shape index (κ2) is 2.34. The largest absolute Gasteiger partial charge is 0.429 e. The molecule has 1 amide bonds. The summed E-state index contributed by atoms with van der Waals surface area (Å²) >= 11 is 0. The highest BCUT2D eigenvalue weighted by molar-refractivity contribution is 5.67. The van der Waals surface area contributed by atoms with Gasteiger partial charge in [-0.25, -0.2) is 4.79 Å². The van der Waals surface area contributed by atoms with Gasteiger partial charge in [-0.2, -0.15) is 5.06 Å². The molecule has 1 rings (SSSR count). The third-order valence-corrected chi connectivity index (χ3v) is 0.867. The van der Waals surface area contributed by atoms with Crippen molar-refractivity contribution in [2.45, 2.75) is 0 Å². The van der Waals surface area contributed by atoms with Gasteiger partial charge in [-0.3, -0.25) is 4.99 Å². The highest BCUT2D eigenvalue weighted by Gasteiger charge is 2.07. The minimum Gasteiger partial charge on any atom is -0.333 e. The van der Waals surface area contributed by atoms with Gasteiger partial charge in [-0.15, -0.1) is 0 Å². The number of nitrogens with two attached hydrogens (primary N) is 1. The molecule has 0 saturated heterocycles. The molecule has 1 aliphatic heterocycles. The molecule has 0 aromatic heterocycles. The Morgan fingerprint density at radius 2 is 2.67 bits per heavy atom. The van der Waals surface area contributed by atoms with Gasteiger partial charge in [-0.1, -0.05) is 0 Å². The summed E-state index contributed by atoms with van der Waals surface area (Å²) in [6.07, 6.45) is 0.633. The zero-order chi connectivity index (χ0) is 6.69. The van der Waals surface area contributed by atoms with Gasteiger partial charge in [-0.05, 0) is 0 Å². The summed E-state index contributed by atoms with van der Waals surface area (Å²) < 4.78 is 0. The first kappa shape index (κ1) is 5.87. The summed E-state index contributed by atoms with van der Waals surface area (Å²) in [5.74, 6) is 0. The predicted molar refractivity (Wildman–Crippen MR) is 30.7 cm³/mol. The van der Waals surface area contributed by atoms with E-state index in [1.165, 1.54) is 11.4 Å². The van der Waals surface area contributed by atoms with E-state index in [4.69, 9.17) is 5.73 Å². The molecule has 5 heteroatoms. The molecule has 1 aliphatic rings. The van der Waals surface area contributed by atoms with Gasteiger partial charge >= 0.3 is 6.09 Å². The fraction of sp³-hybridized carbons (Fsp3) is 0.500. The van der Waals surface area contributed by atoms with Gasteiger partial charge in [0.05, 0.1) is 13.1 Å². The summed E-state index contributed by atoms with van der Waals surface area (Å²) in [5.41, 5.74) is 4.71. The summed E-state index contributed by atoms with van der Waals surface area (Å²) in [6.45, 7) is 1.26. The van der Waals surface area contributed by atoms with E-state index in [0.29, 0.717) is 13.1 Å². The molecule has 0 aliphatic carbocycles. The van der Waals surface area contributed by atoms with Gasteiger partial charge < -0.3 is 10.6 Å². The molecule has 0 radical (unpaired) electrons. The van der Waals surface area contributed by atoms with E-state index in [-0.39, 0.29) is 0 Å². The van der Waals surface area contributed by atoms with E-state index < -0.39 is 6.09 Å². The highest BCUT2D eigenvalue weighted by Crippen LogP contribution is 1.92. The number of carbonyl (C=O) groups excluding carboxylic acids is 1. The normalized spacial score (nSPS) is 16.2. The number of amides is 1. The molecule has 0 fully saturated rings. The predicted octanol–water partition coefficient (Wildman–Crippen LogP) is -0.659. The molecule has 0 spiro atoms. The molecule has 9 heavy (non-hydrogen) atoms. The topological polar surface area (TPSA) is 67.9 Å². The SMILES string of the molecule is NC(=O)ON1C=NCC1. The Morgan fingerprint density at radius 3 is 3.11 bits per heavy atom. The van der Waals surface area contributed by atoms with Crippen LogP contribution < -0.4 is 5.73 Å². The molecule has 0 aromatic carbocycles. The number of primary amides is 1. The summed E-state index contributed by atoms with van der Waals surface area (Å²) in [5, 5.41) is 1.29. The average Bonchev–Trinajstić information content (AvgIpc) is 2.15. The van der Waals surface area contributed by atoms with Crippen molar-refractivity contribution >= 4 is 12.4 Å². The standard InChI is InChI=1S/C4H7N3O2/c5-4(8)9-7-2-1-6-3-7/h3H,1-2H2,(H2,5,8). The maximum atomic E-state index is 10.1. The Morgan fingerprint density at radius 1 is 1.89 bits per heavy atom. The quantitative estimate of drug-likeness (QED) is 0.511. The second-order valence-corrected chi connectivity index (χ2v) is 1.57. The van der Waals surface area contributed by atoms with Gasteiger partial charge in [0.25, 0.3) is 0 Å². The third kappa shape index (κ3) is 1.60. The Bertz CT molecular complexity index is 145. The van der Waals surface area contributed by atoms with E-state index in [0.717, 1.165) is 0 Å². The van der Waals surface area contributed by atoms with Crippen molar-refractivity contribution in [2.24, 2.45) is 10.7 Å². The minimum atomic E-state index is -0.802. The third-order valence-electron chi connectivity index (χ3n) is 0.867. The van der Waals surface area contributed by atoms with Crippen molar-refractivity contribution in [1.82, 2.24) is 5.06 Å². The molecule has 0 saturated carbocycles. The Hall–Kier alpha value is -1.26. The number of nitrogens with zero attached hydrogens (tertiary/aromatic N) is 2. The van der Waals surface area contributed by atoms with Gasteiger partial charge in [0.2, 0.25) is 0 Å². The lowest BCUT2D eigenvalue weighted by molar-refractivity contribution is -0.0167. The van der Waals surface area contributed by atoms with E-state index in [1.54, 1.807) is 0 Å². The van der Waals surface area contributed by atoms with E-state index >= 15 is 0 Å². The van der Waals surface area contributed by atoms with E-state index in [1.807, 2.05) is 0 Å². The van der Waals surface area contributed by atoms with Crippen molar-refractivity contribution in [3.05, 3.63) is 0 Å². The van der Waals surface area contributed by atoms with Crippen molar-refractivity contribution in [3.8, 4) is 0 Å². The molecule has 0 unspecified atom stereocenters. The molecule has 5 nitrogen and oxygen atoms in total. The second-order valence-electron chi connectivity index (χ2n) is 1.57. The fourth-order valence-electron chi connectivity index (χ4n) is 0.548. The van der Waals surface area contributed by atoms with Crippen molar-refractivity contribution in [2.75, 3.05) is 13.1 Å². The molecular formula is C4H7N3O2. The summed E-state index contributed by atoms with van der Waals surface area (Å²) in [6, 6.07) is 0. The molecule has 2 N–H and O–H groups in total. The first-order valence-corrected chi connectivity index (χ1v) is 2.53. The number of hydroxylamine groups is 2. The van der Waals surface area contributed by atoms with E-state index in [2.05, 4.69) is 9.83 Å². The number of aliphatic imine (C=N–C) groups is 1. The number of carbonyl (C=O) groups is 1. The monoisotopic (exact) mass is 129 g/mol. The number of hydrogen-bond donors (Lipinski definition) is 1. The van der Waals surface area contributed by atoms with Crippen LogP contribution in [-0.4, -0.2) is 30.6 Å². The maximum absolute atomic E-state index is 10.1. The van der Waals surface area contributed by atoms with Crippen LogP contribution in [0.15, 0.2) is 4.99 Å². The summed E-state index contributed by atoms with van der Waals surface area (Å²) in [7, 11) is 0. The lowest BCUT2D eigenvalue weighted by Gasteiger charge is -2.09. The van der Waals surface area contributed by atoms with Crippen molar-refractivity contribution < 1.29 is 9.63 Å². The van der Waals surface area contributed by atoms with Crippen molar-refractivity contribution in [3.63, 3.8) is 0 Å². The molecular weight excluding hydrogens is 122 g/mol. The molecule has 1 heterocycles. The van der Waals surface area contributed by atoms with Crippen LogP contribution in [0.1, 0.15) is 0 Å². The molecule has 50 valence electrons. The van der Waals surface area contributed by atoms with Gasteiger partial charge in [0.1, 0.15) is 6.34 Å². The van der Waals surface area contributed by atoms with Crippen LogP contribution in [0.3, 0.4) is 0 Å². The summed E-state index contributed by atoms with van der Waals surface area (Å²) in [4.78, 5) is 18.3. The lowest BCUT2D eigenvalue weighted by atomic mass is 10.7. The average molecular weight is 129 g/mol. The molecule has 0 aromatic rings. The van der Waals surface area contributed by atoms with E-state index in [9.17, 15) is 4.79 Å². The van der Waals surface area contributed by atoms with Gasteiger partial charge in [0, 0.05) is 0 Å². The molecule has 0 atom stereocenters. The molecule has 0 bridgehead atoms. The van der Waals surface area contributed by atoms with Crippen LogP contribution in [0.4, 0.5) is 4.79 Å². The van der Waals surface area contributed by atoms with Crippen LogP contribution in [0, 0.1) is 0 Å². The van der Waals surface area contributed by atoms with Crippen LogP contribution in [0.25, 0.3) is 0 Å². The lowest BCUT2D eigenvalue weighted by Crippen LogP contribution is -2.27.